The summed E-state index contributed by atoms with van der Waals surface area (Å²) in [4.78, 5) is 15.6. The van der Waals surface area contributed by atoms with Gasteiger partial charge in [0.05, 0.1) is 17.6 Å². The molecule has 0 fully saturated rings. The molecule has 1 aliphatic rings. The molecule has 1 amide bonds. The van der Waals surface area contributed by atoms with E-state index >= 15 is 0 Å². The SMILES string of the molecule is CC(=O)Nc1ccc(-c2cnc3ccc(-c4ccc5c(c4)OCO5)nn23)cc1. The van der Waals surface area contributed by atoms with Crippen LogP contribution < -0.4 is 14.8 Å². The number of aromatic nitrogens is 3. The van der Waals surface area contributed by atoms with Crippen LogP contribution in [0.2, 0.25) is 0 Å². The van der Waals surface area contributed by atoms with Gasteiger partial charge in [0.15, 0.2) is 17.1 Å². The summed E-state index contributed by atoms with van der Waals surface area (Å²) in [7, 11) is 0. The molecule has 1 aliphatic heterocycles. The van der Waals surface area contributed by atoms with E-state index in [4.69, 9.17) is 14.6 Å². The first-order valence-corrected chi connectivity index (χ1v) is 8.80. The summed E-state index contributed by atoms with van der Waals surface area (Å²) in [5.41, 5.74) is 5.07. The fourth-order valence-corrected chi connectivity index (χ4v) is 3.21. The largest absolute Gasteiger partial charge is 0.454 e. The average Bonchev–Trinajstić information content (AvgIpc) is 3.34. The maximum atomic E-state index is 11.2. The van der Waals surface area contributed by atoms with Crippen molar-refractivity contribution in [3.05, 3.63) is 60.8 Å². The minimum Gasteiger partial charge on any atom is -0.454 e. The molecule has 1 N–H and O–H groups in total. The van der Waals surface area contributed by atoms with Crippen LogP contribution >= 0.6 is 0 Å². The topological polar surface area (TPSA) is 77.8 Å². The van der Waals surface area contributed by atoms with Gasteiger partial charge in [0.2, 0.25) is 12.7 Å². The van der Waals surface area contributed by atoms with Crippen LogP contribution in [0.3, 0.4) is 0 Å². The van der Waals surface area contributed by atoms with Gasteiger partial charge in [-0.1, -0.05) is 12.1 Å². The van der Waals surface area contributed by atoms with E-state index < -0.39 is 0 Å². The zero-order valence-corrected chi connectivity index (χ0v) is 15.0. The van der Waals surface area contributed by atoms with Crippen molar-refractivity contribution in [2.75, 3.05) is 12.1 Å². The molecule has 0 aliphatic carbocycles. The summed E-state index contributed by atoms with van der Waals surface area (Å²) in [6.07, 6.45) is 1.79. The number of hydrogen-bond acceptors (Lipinski definition) is 5. The van der Waals surface area contributed by atoms with Gasteiger partial charge in [0.25, 0.3) is 0 Å². The normalized spacial score (nSPS) is 12.3. The number of nitrogens with one attached hydrogen (secondary N) is 1. The molecule has 0 unspecified atom stereocenters. The monoisotopic (exact) mass is 372 g/mol. The number of imidazole rings is 1. The van der Waals surface area contributed by atoms with E-state index in [0.717, 1.165) is 45.3 Å². The predicted molar refractivity (Wildman–Crippen MR) is 104 cm³/mol. The second kappa shape index (κ2) is 6.38. The van der Waals surface area contributed by atoms with Crippen molar-refractivity contribution in [1.82, 2.24) is 14.6 Å². The van der Waals surface area contributed by atoms with E-state index in [1.165, 1.54) is 6.92 Å². The smallest absolute Gasteiger partial charge is 0.231 e. The Morgan fingerprint density at radius 1 is 1.00 bits per heavy atom. The Balaban J connectivity index is 1.54. The Morgan fingerprint density at radius 2 is 1.79 bits per heavy atom. The van der Waals surface area contributed by atoms with Crippen molar-refractivity contribution in [1.29, 1.82) is 0 Å². The van der Waals surface area contributed by atoms with Crippen molar-refractivity contribution < 1.29 is 14.3 Å². The number of benzene rings is 2. The summed E-state index contributed by atoms with van der Waals surface area (Å²) in [5.74, 6) is 1.36. The number of ether oxygens (including phenoxy) is 2. The lowest BCUT2D eigenvalue weighted by Gasteiger charge is -2.07. The molecule has 0 atom stereocenters. The van der Waals surface area contributed by atoms with E-state index in [1.54, 1.807) is 6.20 Å². The molecule has 4 aromatic rings. The maximum absolute atomic E-state index is 11.2. The quantitative estimate of drug-likeness (QED) is 0.593. The highest BCUT2D eigenvalue weighted by Crippen LogP contribution is 2.35. The summed E-state index contributed by atoms with van der Waals surface area (Å²) in [5, 5.41) is 7.53. The third kappa shape index (κ3) is 2.83. The lowest BCUT2D eigenvalue weighted by molar-refractivity contribution is -0.114. The van der Waals surface area contributed by atoms with Crippen LogP contribution in [0.5, 0.6) is 11.5 Å². The summed E-state index contributed by atoms with van der Waals surface area (Å²) < 4.78 is 12.7. The number of fused-ring (bicyclic) bond motifs is 2. The molecular weight excluding hydrogens is 356 g/mol. The fraction of sp³-hybridized carbons (Fsp3) is 0.0952. The number of rotatable bonds is 3. The standard InChI is InChI=1S/C21H16N4O3/c1-13(26)23-16-5-2-14(3-6-16)18-11-22-21-9-7-17(24-25(18)21)15-4-8-19-20(10-15)28-12-27-19/h2-11H,12H2,1H3,(H,23,26). The molecule has 0 radical (unpaired) electrons. The van der Waals surface area contributed by atoms with Crippen molar-refractivity contribution in [2.24, 2.45) is 0 Å². The molecule has 28 heavy (non-hydrogen) atoms. The number of carbonyl (C=O) groups excluding carboxylic acids is 1. The molecule has 7 heteroatoms. The van der Waals surface area contributed by atoms with Crippen LogP contribution in [0.25, 0.3) is 28.2 Å². The molecule has 2 aromatic heterocycles. The second-order valence-electron chi connectivity index (χ2n) is 6.46. The van der Waals surface area contributed by atoms with Crippen molar-refractivity contribution >= 4 is 17.2 Å². The minimum absolute atomic E-state index is 0.0995. The van der Waals surface area contributed by atoms with Crippen LogP contribution in [0, 0.1) is 0 Å². The Labute approximate surface area is 160 Å². The minimum atomic E-state index is -0.0995. The highest BCUT2D eigenvalue weighted by atomic mass is 16.7. The van der Waals surface area contributed by atoms with Crippen molar-refractivity contribution in [3.8, 4) is 34.0 Å². The first-order valence-electron chi connectivity index (χ1n) is 8.80. The molecule has 0 saturated carbocycles. The van der Waals surface area contributed by atoms with Gasteiger partial charge in [-0.05, 0) is 42.5 Å². The Bertz CT molecular complexity index is 1200. The third-order valence-corrected chi connectivity index (χ3v) is 4.53. The zero-order valence-electron chi connectivity index (χ0n) is 15.0. The van der Waals surface area contributed by atoms with E-state index in [0.29, 0.717) is 0 Å². The van der Waals surface area contributed by atoms with Crippen molar-refractivity contribution in [3.63, 3.8) is 0 Å². The van der Waals surface area contributed by atoms with Gasteiger partial charge in [-0.3, -0.25) is 4.79 Å². The van der Waals surface area contributed by atoms with E-state index in [9.17, 15) is 4.79 Å². The van der Waals surface area contributed by atoms with E-state index in [2.05, 4.69) is 10.3 Å². The Kier molecular flexibility index (Phi) is 3.72. The predicted octanol–water partition coefficient (Wildman–Crippen LogP) is 3.75. The fourth-order valence-electron chi connectivity index (χ4n) is 3.21. The highest BCUT2D eigenvalue weighted by molar-refractivity contribution is 5.89. The third-order valence-electron chi connectivity index (χ3n) is 4.53. The first kappa shape index (κ1) is 16.3. The number of anilines is 1. The summed E-state index contributed by atoms with van der Waals surface area (Å²) >= 11 is 0. The van der Waals surface area contributed by atoms with Gasteiger partial charge in [0.1, 0.15) is 0 Å². The zero-order chi connectivity index (χ0) is 19.1. The molecule has 3 heterocycles. The summed E-state index contributed by atoms with van der Waals surface area (Å²) in [6, 6.07) is 17.2. The first-order chi connectivity index (χ1) is 13.7. The van der Waals surface area contributed by atoms with Crippen molar-refractivity contribution in [2.45, 2.75) is 6.92 Å². The van der Waals surface area contributed by atoms with Crippen LogP contribution in [0.1, 0.15) is 6.92 Å². The molecule has 0 bridgehead atoms. The second-order valence-corrected chi connectivity index (χ2v) is 6.46. The Hall–Kier alpha value is -3.87. The van der Waals surface area contributed by atoms with Crippen LogP contribution in [-0.4, -0.2) is 27.3 Å². The van der Waals surface area contributed by atoms with Gasteiger partial charge in [-0.15, -0.1) is 0 Å². The molecular formula is C21H16N4O3. The number of hydrogen-bond donors (Lipinski definition) is 1. The van der Waals surface area contributed by atoms with E-state index in [-0.39, 0.29) is 12.7 Å². The Morgan fingerprint density at radius 3 is 2.61 bits per heavy atom. The van der Waals surface area contributed by atoms with Gasteiger partial charge in [-0.25, -0.2) is 9.50 Å². The molecule has 0 saturated heterocycles. The van der Waals surface area contributed by atoms with Gasteiger partial charge >= 0.3 is 0 Å². The average molecular weight is 372 g/mol. The molecule has 2 aromatic carbocycles. The van der Waals surface area contributed by atoms with Crippen LogP contribution in [0.15, 0.2) is 60.8 Å². The number of amides is 1. The maximum Gasteiger partial charge on any atom is 0.231 e. The molecule has 7 nitrogen and oxygen atoms in total. The lowest BCUT2D eigenvalue weighted by Crippen LogP contribution is -2.05. The van der Waals surface area contributed by atoms with Gasteiger partial charge < -0.3 is 14.8 Å². The van der Waals surface area contributed by atoms with E-state index in [1.807, 2.05) is 59.1 Å². The number of nitrogens with zero attached hydrogens (tertiary/aromatic N) is 3. The lowest BCUT2D eigenvalue weighted by atomic mass is 10.1. The molecule has 5 rings (SSSR count). The number of carbonyl (C=O) groups is 1. The molecule has 0 spiro atoms. The highest BCUT2D eigenvalue weighted by Gasteiger charge is 2.15. The summed E-state index contributed by atoms with van der Waals surface area (Å²) in [6.45, 7) is 1.73. The van der Waals surface area contributed by atoms with Crippen LogP contribution in [0.4, 0.5) is 5.69 Å². The molecule has 138 valence electrons. The van der Waals surface area contributed by atoms with Crippen LogP contribution in [-0.2, 0) is 4.79 Å². The van der Waals surface area contributed by atoms with Gasteiger partial charge in [-0.2, -0.15) is 5.10 Å². The van der Waals surface area contributed by atoms with Gasteiger partial charge in [0, 0.05) is 23.7 Å².